The number of hydrogen-bond acceptors (Lipinski definition) is 3. The van der Waals surface area contributed by atoms with Crippen molar-refractivity contribution in [1.82, 2.24) is 4.90 Å². The van der Waals surface area contributed by atoms with Gasteiger partial charge in [-0.15, -0.1) is 0 Å². The van der Waals surface area contributed by atoms with Crippen molar-refractivity contribution in [2.45, 2.75) is 6.42 Å². The fourth-order valence-corrected chi connectivity index (χ4v) is 2.28. The smallest absolute Gasteiger partial charge is 0.0569 e. The van der Waals surface area contributed by atoms with Crippen LogP contribution in [0.25, 0.3) is 0 Å². The van der Waals surface area contributed by atoms with Gasteiger partial charge in [-0.05, 0) is 19.0 Å². The second-order valence-corrected chi connectivity index (χ2v) is 5.17. The molecule has 0 radical (unpaired) electrons. The fraction of sp³-hybridized carbons (Fsp3) is 0.571. The lowest BCUT2D eigenvalue weighted by molar-refractivity contribution is -0.117. The van der Waals surface area contributed by atoms with Gasteiger partial charge in [0.15, 0.2) is 0 Å². The third-order valence-corrected chi connectivity index (χ3v) is 3.48. The molecule has 1 aliphatic heterocycles. The van der Waals surface area contributed by atoms with E-state index >= 15 is 0 Å². The van der Waals surface area contributed by atoms with E-state index in [1.165, 1.54) is 5.56 Å². The van der Waals surface area contributed by atoms with Crippen molar-refractivity contribution in [3.63, 3.8) is 0 Å². The zero-order valence-corrected chi connectivity index (χ0v) is 10.6. The molecule has 2 rings (SSSR count). The highest BCUT2D eigenvalue weighted by atomic mass is 16.5. The Balaban J connectivity index is 1.76. The van der Waals surface area contributed by atoms with Gasteiger partial charge in [0.05, 0.1) is 13.2 Å². The predicted molar refractivity (Wildman–Crippen MR) is 69.9 cm³/mol. The zero-order valence-electron chi connectivity index (χ0n) is 10.6. The Bertz CT molecular complexity index is 330. The van der Waals surface area contributed by atoms with Gasteiger partial charge < -0.3 is 15.4 Å². The standard InChI is InChI=1S/C14H22N2O/c1-16(10-14(9-15)11-17-12-14)8-7-13-5-3-2-4-6-13/h2-6H,7-12,15H2,1H3. The molecule has 17 heavy (non-hydrogen) atoms. The summed E-state index contributed by atoms with van der Waals surface area (Å²) in [7, 11) is 2.17. The number of likely N-dealkylation sites (N-methyl/N-ethyl adjacent to an activating group) is 1. The number of ether oxygens (including phenoxy) is 1. The average molecular weight is 234 g/mol. The molecule has 94 valence electrons. The minimum Gasteiger partial charge on any atom is -0.380 e. The molecule has 0 unspecified atom stereocenters. The van der Waals surface area contributed by atoms with Crippen LogP contribution in [0.1, 0.15) is 5.56 Å². The molecule has 0 aromatic heterocycles. The highest BCUT2D eigenvalue weighted by molar-refractivity contribution is 5.14. The number of benzene rings is 1. The summed E-state index contributed by atoms with van der Waals surface area (Å²) in [6, 6.07) is 10.6. The third kappa shape index (κ3) is 3.28. The van der Waals surface area contributed by atoms with E-state index in [-0.39, 0.29) is 5.41 Å². The first-order chi connectivity index (χ1) is 8.24. The molecule has 3 heteroatoms. The molecule has 0 spiro atoms. The maximum atomic E-state index is 5.82. The second-order valence-electron chi connectivity index (χ2n) is 5.17. The molecule has 1 aromatic carbocycles. The maximum Gasteiger partial charge on any atom is 0.0569 e. The first-order valence-electron chi connectivity index (χ1n) is 6.24. The molecule has 0 amide bonds. The average Bonchev–Trinajstić information content (AvgIpc) is 2.33. The molecule has 0 saturated carbocycles. The van der Waals surface area contributed by atoms with Crippen molar-refractivity contribution in [2.24, 2.45) is 11.1 Å². The Hall–Kier alpha value is -0.900. The Morgan fingerprint density at radius 2 is 2.00 bits per heavy atom. The molecule has 1 aliphatic rings. The Morgan fingerprint density at radius 3 is 2.53 bits per heavy atom. The first kappa shape index (κ1) is 12.6. The van der Waals surface area contributed by atoms with Gasteiger partial charge in [0.25, 0.3) is 0 Å². The third-order valence-electron chi connectivity index (χ3n) is 3.48. The Labute approximate surface area is 104 Å². The van der Waals surface area contributed by atoms with Crippen molar-refractivity contribution in [1.29, 1.82) is 0 Å². The van der Waals surface area contributed by atoms with Crippen LogP contribution in [0.4, 0.5) is 0 Å². The monoisotopic (exact) mass is 234 g/mol. The number of rotatable bonds is 6. The molecular formula is C14H22N2O. The van der Waals surface area contributed by atoms with Gasteiger partial charge in [-0.3, -0.25) is 0 Å². The molecule has 1 aromatic rings. The van der Waals surface area contributed by atoms with Gasteiger partial charge in [0, 0.05) is 25.0 Å². The van der Waals surface area contributed by atoms with Crippen molar-refractivity contribution in [3.8, 4) is 0 Å². The van der Waals surface area contributed by atoms with Crippen LogP contribution in [-0.4, -0.2) is 44.8 Å². The SMILES string of the molecule is CN(CCc1ccccc1)CC1(CN)COC1. The van der Waals surface area contributed by atoms with Crippen LogP contribution >= 0.6 is 0 Å². The van der Waals surface area contributed by atoms with Crippen LogP contribution in [0, 0.1) is 5.41 Å². The molecule has 2 N–H and O–H groups in total. The van der Waals surface area contributed by atoms with Crippen molar-refractivity contribution in [3.05, 3.63) is 35.9 Å². The summed E-state index contributed by atoms with van der Waals surface area (Å²) in [5.74, 6) is 0. The van der Waals surface area contributed by atoms with E-state index in [0.717, 1.165) is 39.3 Å². The van der Waals surface area contributed by atoms with Gasteiger partial charge in [-0.25, -0.2) is 0 Å². The van der Waals surface area contributed by atoms with Gasteiger partial charge in [-0.1, -0.05) is 30.3 Å². The summed E-state index contributed by atoms with van der Waals surface area (Å²) in [4.78, 5) is 2.36. The quantitative estimate of drug-likeness (QED) is 0.802. The van der Waals surface area contributed by atoms with Gasteiger partial charge in [0.2, 0.25) is 0 Å². The van der Waals surface area contributed by atoms with Crippen LogP contribution in [0.2, 0.25) is 0 Å². The lowest BCUT2D eigenvalue weighted by Crippen LogP contribution is -2.54. The molecule has 1 heterocycles. The lowest BCUT2D eigenvalue weighted by Gasteiger charge is -2.43. The van der Waals surface area contributed by atoms with Crippen LogP contribution < -0.4 is 5.73 Å². The van der Waals surface area contributed by atoms with Crippen LogP contribution in [0.3, 0.4) is 0 Å². The minimum absolute atomic E-state index is 0.214. The van der Waals surface area contributed by atoms with Crippen LogP contribution in [-0.2, 0) is 11.2 Å². The molecule has 1 fully saturated rings. The van der Waals surface area contributed by atoms with Gasteiger partial charge in [-0.2, -0.15) is 0 Å². The number of nitrogens with two attached hydrogens (primary N) is 1. The normalized spacial score (nSPS) is 18.1. The molecular weight excluding hydrogens is 212 g/mol. The Morgan fingerprint density at radius 1 is 1.29 bits per heavy atom. The summed E-state index contributed by atoms with van der Waals surface area (Å²) >= 11 is 0. The van der Waals surface area contributed by atoms with Crippen molar-refractivity contribution in [2.75, 3.05) is 39.9 Å². The topological polar surface area (TPSA) is 38.5 Å². The largest absolute Gasteiger partial charge is 0.380 e. The predicted octanol–water partition coefficient (Wildman–Crippen LogP) is 1.14. The zero-order chi connectivity index (χ0) is 12.1. The fourth-order valence-electron chi connectivity index (χ4n) is 2.28. The molecule has 3 nitrogen and oxygen atoms in total. The van der Waals surface area contributed by atoms with Crippen LogP contribution in [0.15, 0.2) is 30.3 Å². The minimum atomic E-state index is 0.214. The molecule has 0 aliphatic carbocycles. The van der Waals surface area contributed by atoms with Crippen molar-refractivity contribution < 1.29 is 4.74 Å². The van der Waals surface area contributed by atoms with E-state index in [0.29, 0.717) is 0 Å². The van der Waals surface area contributed by atoms with E-state index in [1.807, 2.05) is 0 Å². The summed E-state index contributed by atoms with van der Waals surface area (Å²) in [6.07, 6.45) is 1.10. The van der Waals surface area contributed by atoms with E-state index in [9.17, 15) is 0 Å². The number of hydrogen-bond donors (Lipinski definition) is 1. The first-order valence-corrected chi connectivity index (χ1v) is 6.24. The van der Waals surface area contributed by atoms with E-state index in [1.54, 1.807) is 0 Å². The number of nitrogens with zero attached hydrogens (tertiary/aromatic N) is 1. The summed E-state index contributed by atoms with van der Waals surface area (Å²) in [6.45, 7) is 4.48. The summed E-state index contributed by atoms with van der Waals surface area (Å²) in [5, 5.41) is 0. The highest BCUT2D eigenvalue weighted by Crippen LogP contribution is 2.26. The molecule has 0 atom stereocenters. The summed E-state index contributed by atoms with van der Waals surface area (Å²) < 4.78 is 5.29. The maximum absolute atomic E-state index is 5.82. The Kier molecular flexibility index (Phi) is 4.15. The molecule has 0 bridgehead atoms. The van der Waals surface area contributed by atoms with Gasteiger partial charge >= 0.3 is 0 Å². The highest BCUT2D eigenvalue weighted by Gasteiger charge is 2.37. The van der Waals surface area contributed by atoms with E-state index in [2.05, 4.69) is 42.3 Å². The second kappa shape index (κ2) is 5.63. The van der Waals surface area contributed by atoms with Crippen LogP contribution in [0.5, 0.6) is 0 Å². The van der Waals surface area contributed by atoms with Gasteiger partial charge in [0.1, 0.15) is 0 Å². The molecule has 1 saturated heterocycles. The summed E-state index contributed by atoms with van der Waals surface area (Å²) in [5.41, 5.74) is 7.43. The van der Waals surface area contributed by atoms with E-state index in [4.69, 9.17) is 10.5 Å². The van der Waals surface area contributed by atoms with E-state index < -0.39 is 0 Å². The lowest BCUT2D eigenvalue weighted by atomic mass is 9.85. The van der Waals surface area contributed by atoms with Crippen molar-refractivity contribution >= 4 is 0 Å².